The minimum Gasteiger partial charge on any atom is -0.618 e. The lowest BCUT2D eigenvalue weighted by atomic mass is 10.2. The molecule has 0 atom stereocenters. The molecule has 0 bridgehead atoms. The third-order valence-corrected chi connectivity index (χ3v) is 2.15. The van der Waals surface area contributed by atoms with E-state index >= 15 is 0 Å². The lowest BCUT2D eigenvalue weighted by Crippen LogP contribution is -2.30. The van der Waals surface area contributed by atoms with Gasteiger partial charge in [0.25, 0.3) is 0 Å². The Morgan fingerprint density at radius 1 is 1.36 bits per heavy atom. The summed E-state index contributed by atoms with van der Waals surface area (Å²) in [6.45, 7) is 4.68. The molecule has 0 spiro atoms. The number of ether oxygens (including phenoxy) is 2. The van der Waals surface area contributed by atoms with Gasteiger partial charge in [0, 0.05) is 20.1 Å². The topological polar surface area (TPSA) is 45.4 Å². The maximum Gasteiger partial charge on any atom is 0.196 e. The van der Waals surface area contributed by atoms with E-state index in [0.29, 0.717) is 18.9 Å². The molecule has 78 valence electrons. The Hall–Kier alpha value is -1.29. The van der Waals surface area contributed by atoms with Gasteiger partial charge in [-0.05, 0) is 6.92 Å². The number of hydrogen-bond acceptors (Lipinski definition) is 3. The average molecular weight is 197 g/mol. The smallest absolute Gasteiger partial charge is 0.196 e. The molecular formula is C10H15NO3. The summed E-state index contributed by atoms with van der Waals surface area (Å²) in [4.78, 5) is 0. The highest BCUT2D eigenvalue weighted by Crippen LogP contribution is 2.17. The highest BCUT2D eigenvalue weighted by Gasteiger charge is 2.09. The number of rotatable bonds is 4. The van der Waals surface area contributed by atoms with Crippen LogP contribution in [0.2, 0.25) is 0 Å². The predicted molar refractivity (Wildman–Crippen MR) is 52.2 cm³/mol. The molecule has 0 fully saturated rings. The summed E-state index contributed by atoms with van der Waals surface area (Å²) >= 11 is 0. The van der Waals surface area contributed by atoms with E-state index in [0.717, 1.165) is 16.0 Å². The van der Waals surface area contributed by atoms with Gasteiger partial charge in [-0.2, -0.15) is 4.73 Å². The highest BCUT2D eigenvalue weighted by atomic mass is 16.5. The predicted octanol–water partition coefficient (Wildman–Crippen LogP) is 0.962. The van der Waals surface area contributed by atoms with E-state index in [1.54, 1.807) is 20.1 Å². The zero-order valence-electron chi connectivity index (χ0n) is 8.74. The molecule has 0 aliphatic rings. The molecule has 0 aliphatic heterocycles. The van der Waals surface area contributed by atoms with Gasteiger partial charge in [0.05, 0.1) is 12.2 Å². The molecule has 1 aromatic rings. The summed E-state index contributed by atoms with van der Waals surface area (Å²) in [5.41, 5.74) is 1.54. The van der Waals surface area contributed by atoms with Crippen LogP contribution in [-0.4, -0.2) is 20.3 Å². The van der Waals surface area contributed by atoms with Crippen molar-refractivity contribution in [3.05, 3.63) is 28.7 Å². The lowest BCUT2D eigenvalue weighted by molar-refractivity contribution is -0.612. The van der Waals surface area contributed by atoms with Gasteiger partial charge in [-0.3, -0.25) is 0 Å². The third-order valence-electron chi connectivity index (χ3n) is 2.15. The minimum absolute atomic E-state index is 0.500. The van der Waals surface area contributed by atoms with E-state index < -0.39 is 0 Å². The van der Waals surface area contributed by atoms with Crippen LogP contribution in [0.3, 0.4) is 0 Å². The fourth-order valence-electron chi connectivity index (χ4n) is 1.11. The maximum atomic E-state index is 11.2. The van der Waals surface area contributed by atoms with Crippen LogP contribution < -0.4 is 9.47 Å². The Balaban J connectivity index is 2.73. The van der Waals surface area contributed by atoms with Crippen LogP contribution in [-0.2, 0) is 4.74 Å². The highest BCUT2D eigenvalue weighted by molar-refractivity contribution is 5.31. The second kappa shape index (κ2) is 4.81. The Labute approximate surface area is 83.7 Å². The van der Waals surface area contributed by atoms with Crippen molar-refractivity contribution in [2.45, 2.75) is 13.8 Å². The van der Waals surface area contributed by atoms with Gasteiger partial charge in [-0.25, -0.2) is 0 Å². The van der Waals surface area contributed by atoms with Crippen molar-refractivity contribution in [1.82, 2.24) is 0 Å². The van der Waals surface area contributed by atoms with E-state index in [1.807, 2.05) is 6.92 Å². The number of methoxy groups -OCH3 is 1. The summed E-state index contributed by atoms with van der Waals surface area (Å²) in [5.74, 6) is 0.742. The first-order valence-corrected chi connectivity index (χ1v) is 4.48. The number of hydrogen-bond donors (Lipinski definition) is 0. The molecular weight excluding hydrogens is 182 g/mol. The van der Waals surface area contributed by atoms with Gasteiger partial charge < -0.3 is 14.7 Å². The van der Waals surface area contributed by atoms with Gasteiger partial charge in [-0.15, -0.1) is 0 Å². The van der Waals surface area contributed by atoms with Crippen molar-refractivity contribution in [3.8, 4) is 5.75 Å². The van der Waals surface area contributed by atoms with Crippen LogP contribution in [0.1, 0.15) is 11.3 Å². The lowest BCUT2D eigenvalue weighted by Gasteiger charge is -2.10. The molecule has 4 nitrogen and oxygen atoms in total. The first kappa shape index (κ1) is 10.8. The Morgan fingerprint density at radius 3 is 2.71 bits per heavy atom. The second-order valence-electron chi connectivity index (χ2n) is 3.06. The molecule has 0 amide bonds. The van der Waals surface area contributed by atoms with Gasteiger partial charge in [0.15, 0.2) is 11.9 Å². The number of nitrogens with zero attached hydrogens (tertiary/aromatic N) is 1. The maximum absolute atomic E-state index is 11.2. The minimum atomic E-state index is 0.500. The van der Waals surface area contributed by atoms with Crippen LogP contribution >= 0.6 is 0 Å². The molecule has 0 unspecified atom stereocenters. The quantitative estimate of drug-likeness (QED) is 0.410. The summed E-state index contributed by atoms with van der Waals surface area (Å²) in [7, 11) is 1.62. The molecule has 0 saturated carbocycles. The normalized spacial score (nSPS) is 10.2. The summed E-state index contributed by atoms with van der Waals surface area (Å²) in [6.07, 6.45) is 1.45. The molecule has 1 rings (SSSR count). The van der Waals surface area contributed by atoms with E-state index in [-0.39, 0.29) is 0 Å². The summed E-state index contributed by atoms with van der Waals surface area (Å²) in [5, 5.41) is 11.2. The first-order valence-electron chi connectivity index (χ1n) is 4.48. The number of aromatic nitrogens is 1. The molecule has 0 aromatic carbocycles. The van der Waals surface area contributed by atoms with E-state index in [1.165, 1.54) is 6.20 Å². The molecule has 0 saturated heterocycles. The van der Waals surface area contributed by atoms with Crippen molar-refractivity contribution in [1.29, 1.82) is 0 Å². The number of pyridine rings is 1. The average Bonchev–Trinajstić information content (AvgIpc) is 2.18. The van der Waals surface area contributed by atoms with Gasteiger partial charge in [0.2, 0.25) is 0 Å². The van der Waals surface area contributed by atoms with E-state index in [9.17, 15) is 5.21 Å². The molecule has 0 radical (unpaired) electrons. The summed E-state index contributed by atoms with van der Waals surface area (Å²) < 4.78 is 11.1. The fraction of sp³-hybridized carbons (Fsp3) is 0.500. The van der Waals surface area contributed by atoms with E-state index in [2.05, 4.69) is 0 Å². The zero-order valence-corrected chi connectivity index (χ0v) is 8.74. The van der Waals surface area contributed by atoms with E-state index in [4.69, 9.17) is 9.47 Å². The van der Waals surface area contributed by atoms with Crippen molar-refractivity contribution in [2.75, 3.05) is 20.3 Å². The molecule has 1 heterocycles. The molecule has 14 heavy (non-hydrogen) atoms. The molecule has 1 aromatic heterocycles. The zero-order chi connectivity index (χ0) is 10.6. The van der Waals surface area contributed by atoms with Crippen molar-refractivity contribution >= 4 is 0 Å². The molecule has 0 aliphatic carbocycles. The van der Waals surface area contributed by atoms with Gasteiger partial charge in [-0.1, -0.05) is 0 Å². The van der Waals surface area contributed by atoms with Crippen molar-refractivity contribution in [2.24, 2.45) is 0 Å². The second-order valence-corrected chi connectivity index (χ2v) is 3.06. The standard InChI is InChI=1S/C10H15NO3/c1-8-9(2)11(12)5-4-10(8)14-7-6-13-3/h4-5H,6-7H2,1-3H3. The SMILES string of the molecule is COCCOc1cc[n+]([O-])c(C)c1C. The van der Waals surface area contributed by atoms with Crippen LogP contribution in [0.15, 0.2) is 12.3 Å². The van der Waals surface area contributed by atoms with Crippen LogP contribution in [0, 0.1) is 19.1 Å². The molecule has 0 N–H and O–H groups in total. The van der Waals surface area contributed by atoms with Crippen LogP contribution in [0.4, 0.5) is 0 Å². The Bertz CT molecular complexity index is 312. The first-order chi connectivity index (χ1) is 6.66. The fourth-order valence-corrected chi connectivity index (χ4v) is 1.11. The Morgan fingerprint density at radius 2 is 2.07 bits per heavy atom. The molecule has 4 heteroatoms. The summed E-state index contributed by atoms with van der Waals surface area (Å²) in [6, 6.07) is 1.67. The Kier molecular flexibility index (Phi) is 3.71. The van der Waals surface area contributed by atoms with Crippen molar-refractivity contribution in [3.63, 3.8) is 0 Å². The van der Waals surface area contributed by atoms with Gasteiger partial charge in [0.1, 0.15) is 12.4 Å². The van der Waals surface area contributed by atoms with Crippen LogP contribution in [0.5, 0.6) is 5.75 Å². The third kappa shape index (κ3) is 2.35. The largest absolute Gasteiger partial charge is 0.618 e. The monoisotopic (exact) mass is 197 g/mol. The van der Waals surface area contributed by atoms with Crippen LogP contribution in [0.25, 0.3) is 0 Å². The van der Waals surface area contributed by atoms with Gasteiger partial charge >= 0.3 is 0 Å². The van der Waals surface area contributed by atoms with Crippen molar-refractivity contribution < 1.29 is 14.2 Å².